The Hall–Kier alpha value is -2.15. The van der Waals surface area contributed by atoms with E-state index in [2.05, 4.69) is 6.07 Å². The number of hydrogen-bond acceptors (Lipinski definition) is 1. The van der Waals surface area contributed by atoms with Gasteiger partial charge < -0.3 is 0 Å². The molecule has 1 radical (unpaired) electrons. The summed E-state index contributed by atoms with van der Waals surface area (Å²) in [6.07, 6.45) is 4.88. The van der Waals surface area contributed by atoms with Crippen LogP contribution in [0.1, 0.15) is 21.5 Å². The van der Waals surface area contributed by atoms with Crippen molar-refractivity contribution in [2.24, 2.45) is 0 Å². The number of rotatable bonds is 3. The molecule has 0 saturated carbocycles. The van der Waals surface area contributed by atoms with Crippen molar-refractivity contribution in [3.05, 3.63) is 71.3 Å². The molecule has 0 aliphatic heterocycles. The number of hydrogen-bond donors (Lipinski definition) is 0. The van der Waals surface area contributed by atoms with Crippen molar-refractivity contribution < 1.29 is 4.79 Å². The second-order valence-electron chi connectivity index (χ2n) is 3.45. The minimum atomic E-state index is 0.699. The number of carbonyl (C=O) groups excluding carboxylic acids is 1. The second-order valence-corrected chi connectivity index (χ2v) is 3.45. The normalized spacial score (nSPS) is 10.5. The van der Waals surface area contributed by atoms with Crippen LogP contribution < -0.4 is 0 Å². The lowest BCUT2D eigenvalue weighted by atomic mass is 10.1. The molecule has 0 heterocycles. The summed E-state index contributed by atoms with van der Waals surface area (Å²) in [5, 5.41) is 0. The largest absolute Gasteiger partial charge is 0.298 e. The van der Waals surface area contributed by atoms with Crippen LogP contribution in [0.25, 0.3) is 12.2 Å². The molecule has 77 valence electrons. The van der Waals surface area contributed by atoms with Gasteiger partial charge in [0.15, 0.2) is 0 Å². The first-order chi connectivity index (χ1) is 7.88. The number of benzene rings is 2. The summed E-state index contributed by atoms with van der Waals surface area (Å²) in [4.78, 5) is 10.5. The molecule has 0 amide bonds. The van der Waals surface area contributed by atoms with Gasteiger partial charge >= 0.3 is 0 Å². The standard InChI is InChI=1S/C15H11O/c16-12-15-10-8-14(9-11-15)7-6-13-4-2-1-3-5-13/h1-2,4-12H/b7-6+. The van der Waals surface area contributed by atoms with Gasteiger partial charge in [-0.3, -0.25) is 4.79 Å². The summed E-state index contributed by atoms with van der Waals surface area (Å²) in [5.41, 5.74) is 2.89. The van der Waals surface area contributed by atoms with E-state index in [4.69, 9.17) is 0 Å². The first kappa shape index (κ1) is 10.4. The predicted molar refractivity (Wildman–Crippen MR) is 66.0 cm³/mol. The van der Waals surface area contributed by atoms with Crippen molar-refractivity contribution in [3.8, 4) is 0 Å². The van der Waals surface area contributed by atoms with Crippen molar-refractivity contribution in [2.45, 2.75) is 0 Å². The molecule has 2 aromatic rings. The van der Waals surface area contributed by atoms with Crippen molar-refractivity contribution in [1.29, 1.82) is 0 Å². The first-order valence-electron chi connectivity index (χ1n) is 5.08. The van der Waals surface area contributed by atoms with Crippen LogP contribution in [0.15, 0.2) is 48.5 Å². The van der Waals surface area contributed by atoms with Crippen LogP contribution in [0.5, 0.6) is 0 Å². The van der Waals surface area contributed by atoms with Gasteiger partial charge in [-0.1, -0.05) is 54.6 Å². The molecule has 1 heteroatoms. The first-order valence-corrected chi connectivity index (χ1v) is 5.08. The molecular formula is C15H11O. The molecule has 0 aliphatic rings. The third-order valence-corrected chi connectivity index (χ3v) is 2.27. The summed E-state index contributed by atoms with van der Waals surface area (Å²) in [6.45, 7) is 0. The molecule has 0 aromatic heterocycles. The number of carbonyl (C=O) groups is 1. The third kappa shape index (κ3) is 2.67. The van der Waals surface area contributed by atoms with Crippen molar-refractivity contribution in [3.63, 3.8) is 0 Å². The molecule has 2 rings (SSSR count). The van der Waals surface area contributed by atoms with E-state index in [9.17, 15) is 4.79 Å². The Labute approximate surface area is 95.1 Å². The summed E-state index contributed by atoms with van der Waals surface area (Å²) in [6, 6.07) is 18.3. The van der Waals surface area contributed by atoms with Crippen LogP contribution in [0.2, 0.25) is 0 Å². The molecular weight excluding hydrogens is 196 g/mol. The van der Waals surface area contributed by atoms with Crippen LogP contribution in [0.3, 0.4) is 0 Å². The third-order valence-electron chi connectivity index (χ3n) is 2.27. The van der Waals surface area contributed by atoms with Crippen LogP contribution in [-0.2, 0) is 0 Å². The zero-order chi connectivity index (χ0) is 11.2. The molecule has 0 aliphatic carbocycles. The van der Waals surface area contributed by atoms with Gasteiger partial charge in [-0.05, 0) is 23.3 Å². The molecule has 16 heavy (non-hydrogen) atoms. The van der Waals surface area contributed by atoms with Gasteiger partial charge in [0.1, 0.15) is 6.29 Å². The zero-order valence-corrected chi connectivity index (χ0v) is 8.76. The van der Waals surface area contributed by atoms with E-state index >= 15 is 0 Å². The molecule has 0 unspecified atom stereocenters. The van der Waals surface area contributed by atoms with Gasteiger partial charge in [-0.2, -0.15) is 0 Å². The summed E-state index contributed by atoms with van der Waals surface area (Å²) < 4.78 is 0. The quantitative estimate of drug-likeness (QED) is 0.556. The van der Waals surface area contributed by atoms with Crippen LogP contribution in [-0.4, -0.2) is 6.29 Å². The van der Waals surface area contributed by atoms with E-state index in [1.165, 1.54) is 0 Å². The highest BCUT2D eigenvalue weighted by molar-refractivity contribution is 5.76. The predicted octanol–water partition coefficient (Wildman–Crippen LogP) is 3.47. The maximum atomic E-state index is 10.5. The lowest BCUT2D eigenvalue weighted by Crippen LogP contribution is -1.78. The lowest BCUT2D eigenvalue weighted by Gasteiger charge is -1.94. The molecule has 0 fully saturated rings. The maximum absolute atomic E-state index is 10.5. The van der Waals surface area contributed by atoms with E-state index in [0.29, 0.717) is 5.56 Å². The second kappa shape index (κ2) is 5.08. The van der Waals surface area contributed by atoms with Crippen LogP contribution in [0, 0.1) is 6.07 Å². The summed E-state index contributed by atoms with van der Waals surface area (Å²) in [7, 11) is 0. The Morgan fingerprint density at radius 2 is 1.56 bits per heavy atom. The van der Waals surface area contributed by atoms with Crippen molar-refractivity contribution in [1.82, 2.24) is 0 Å². The molecule has 1 nitrogen and oxygen atoms in total. The fraction of sp³-hybridized carbons (Fsp3) is 0. The van der Waals surface area contributed by atoms with E-state index in [1.807, 2.05) is 60.7 Å². The maximum Gasteiger partial charge on any atom is 0.150 e. The van der Waals surface area contributed by atoms with E-state index in [0.717, 1.165) is 17.4 Å². The van der Waals surface area contributed by atoms with Gasteiger partial charge in [0.2, 0.25) is 0 Å². The summed E-state index contributed by atoms with van der Waals surface area (Å²) >= 11 is 0. The van der Waals surface area contributed by atoms with Gasteiger partial charge in [0.25, 0.3) is 0 Å². The van der Waals surface area contributed by atoms with Crippen LogP contribution >= 0.6 is 0 Å². The lowest BCUT2D eigenvalue weighted by molar-refractivity contribution is 0.112. The Morgan fingerprint density at radius 1 is 0.875 bits per heavy atom. The minimum absolute atomic E-state index is 0.699. The number of aldehydes is 1. The highest BCUT2D eigenvalue weighted by Gasteiger charge is 1.89. The highest BCUT2D eigenvalue weighted by atomic mass is 16.1. The molecule has 0 bridgehead atoms. The van der Waals surface area contributed by atoms with E-state index in [-0.39, 0.29) is 0 Å². The average Bonchev–Trinajstić information content (AvgIpc) is 2.38. The summed E-state index contributed by atoms with van der Waals surface area (Å²) in [5.74, 6) is 0. The fourth-order valence-corrected chi connectivity index (χ4v) is 1.39. The SMILES string of the molecule is O=Cc1ccc(/C=C/c2c[c]ccc2)cc1. The van der Waals surface area contributed by atoms with Gasteiger partial charge in [-0.15, -0.1) is 0 Å². The van der Waals surface area contributed by atoms with Gasteiger partial charge in [0, 0.05) is 5.56 Å². The highest BCUT2D eigenvalue weighted by Crippen LogP contribution is 2.08. The Kier molecular flexibility index (Phi) is 3.29. The van der Waals surface area contributed by atoms with Gasteiger partial charge in [0.05, 0.1) is 0 Å². The smallest absolute Gasteiger partial charge is 0.150 e. The van der Waals surface area contributed by atoms with Crippen molar-refractivity contribution in [2.75, 3.05) is 0 Å². The molecule has 0 atom stereocenters. The molecule has 0 saturated heterocycles. The van der Waals surface area contributed by atoms with E-state index < -0.39 is 0 Å². The zero-order valence-electron chi connectivity index (χ0n) is 8.76. The fourth-order valence-electron chi connectivity index (χ4n) is 1.39. The molecule has 2 aromatic carbocycles. The van der Waals surface area contributed by atoms with Crippen molar-refractivity contribution >= 4 is 18.4 Å². The van der Waals surface area contributed by atoms with Gasteiger partial charge in [-0.25, -0.2) is 0 Å². The Bertz CT molecular complexity index is 481. The Balaban J connectivity index is 2.14. The molecule has 0 N–H and O–H groups in total. The Morgan fingerprint density at radius 3 is 2.19 bits per heavy atom. The topological polar surface area (TPSA) is 17.1 Å². The average molecular weight is 207 g/mol. The van der Waals surface area contributed by atoms with E-state index in [1.54, 1.807) is 0 Å². The monoisotopic (exact) mass is 207 g/mol. The minimum Gasteiger partial charge on any atom is -0.298 e. The van der Waals surface area contributed by atoms with Crippen LogP contribution in [0.4, 0.5) is 0 Å². The molecule has 0 spiro atoms.